The molecule has 0 aromatic carbocycles. The molecule has 0 saturated heterocycles. The molecule has 0 radical (unpaired) electrons. The van der Waals surface area contributed by atoms with Gasteiger partial charge >= 0.3 is 0 Å². The van der Waals surface area contributed by atoms with Crippen molar-refractivity contribution in [1.29, 1.82) is 0 Å². The molecule has 2 aromatic heterocycles. The number of aromatic nitrogens is 2. The highest BCUT2D eigenvalue weighted by atomic mass is 16.5. The Morgan fingerprint density at radius 1 is 1.43 bits per heavy atom. The van der Waals surface area contributed by atoms with Gasteiger partial charge in [0.05, 0.1) is 24.4 Å². The Hall–Kier alpha value is -2.57. The number of nitrogens with zero attached hydrogens (tertiary/aromatic N) is 2. The van der Waals surface area contributed by atoms with Crippen molar-refractivity contribution in [3.63, 3.8) is 0 Å². The van der Waals surface area contributed by atoms with E-state index in [-0.39, 0.29) is 17.7 Å². The quantitative estimate of drug-likeness (QED) is 0.839. The van der Waals surface area contributed by atoms with Crippen molar-refractivity contribution in [3.05, 3.63) is 30.1 Å². The van der Waals surface area contributed by atoms with Crippen LogP contribution in [0.25, 0.3) is 5.52 Å². The van der Waals surface area contributed by atoms with Gasteiger partial charge in [-0.05, 0) is 12.0 Å². The molecule has 7 nitrogen and oxygen atoms in total. The van der Waals surface area contributed by atoms with Crippen molar-refractivity contribution in [2.45, 2.75) is 26.3 Å². The fourth-order valence-corrected chi connectivity index (χ4v) is 2.34. The number of fused-ring (bicyclic) bond motifs is 1. The van der Waals surface area contributed by atoms with Crippen LogP contribution in [-0.2, 0) is 4.79 Å². The molecule has 0 bridgehead atoms. The van der Waals surface area contributed by atoms with Crippen LogP contribution in [0.3, 0.4) is 0 Å². The molecular weight excluding hydrogens is 296 g/mol. The second kappa shape index (κ2) is 7.13. The minimum Gasteiger partial charge on any atom is -0.497 e. The molecule has 2 amide bonds. The molecule has 2 N–H and O–H groups in total. The summed E-state index contributed by atoms with van der Waals surface area (Å²) in [6, 6.07) is 2.91. The topological polar surface area (TPSA) is 84.7 Å². The molecule has 0 spiro atoms. The van der Waals surface area contributed by atoms with Crippen molar-refractivity contribution in [1.82, 2.24) is 20.2 Å². The summed E-state index contributed by atoms with van der Waals surface area (Å²) in [4.78, 5) is 24.6. The van der Waals surface area contributed by atoms with Gasteiger partial charge < -0.3 is 15.4 Å². The summed E-state index contributed by atoms with van der Waals surface area (Å²) < 4.78 is 6.77. The zero-order valence-electron chi connectivity index (χ0n) is 13.8. The number of carbonyl (C=O) groups excluding carboxylic acids is 2. The number of methoxy groups -OCH3 is 1. The van der Waals surface area contributed by atoms with Gasteiger partial charge in [-0.15, -0.1) is 0 Å². The SMILES string of the molecule is CC[C@H](C)[C@H](NC(=O)c1cnn2ccc(OC)cc12)C(=O)NC. The zero-order valence-corrected chi connectivity index (χ0v) is 13.8. The lowest BCUT2D eigenvalue weighted by molar-refractivity contribution is -0.123. The maximum Gasteiger partial charge on any atom is 0.255 e. The molecule has 0 aliphatic heterocycles. The third-order valence-corrected chi connectivity index (χ3v) is 4.00. The van der Waals surface area contributed by atoms with Crippen LogP contribution >= 0.6 is 0 Å². The average Bonchev–Trinajstić information content (AvgIpc) is 3.01. The minimum atomic E-state index is -0.585. The van der Waals surface area contributed by atoms with E-state index in [0.717, 1.165) is 6.42 Å². The molecule has 7 heteroatoms. The van der Waals surface area contributed by atoms with Gasteiger partial charge in [-0.3, -0.25) is 9.59 Å². The number of hydrogen-bond acceptors (Lipinski definition) is 4. The minimum absolute atomic E-state index is 0.0234. The molecule has 0 aliphatic carbocycles. The van der Waals surface area contributed by atoms with E-state index in [2.05, 4.69) is 15.7 Å². The number of ether oxygens (including phenoxy) is 1. The van der Waals surface area contributed by atoms with Crippen molar-refractivity contribution < 1.29 is 14.3 Å². The first-order valence-corrected chi connectivity index (χ1v) is 7.55. The van der Waals surface area contributed by atoms with Crippen LogP contribution in [0.2, 0.25) is 0 Å². The van der Waals surface area contributed by atoms with E-state index in [9.17, 15) is 9.59 Å². The molecule has 0 aliphatic rings. The third kappa shape index (κ3) is 3.44. The molecule has 0 saturated carbocycles. The van der Waals surface area contributed by atoms with Gasteiger partial charge in [-0.25, -0.2) is 4.52 Å². The standard InChI is InChI=1S/C16H22N4O3/c1-5-10(2)14(16(22)17-3)19-15(21)12-9-18-20-7-6-11(23-4)8-13(12)20/h6-10,14H,5H2,1-4H3,(H,17,22)(H,19,21)/t10-,14-/m0/s1. The van der Waals surface area contributed by atoms with Gasteiger partial charge in [0.15, 0.2) is 0 Å². The first-order chi connectivity index (χ1) is 11.0. The summed E-state index contributed by atoms with van der Waals surface area (Å²) in [6.45, 7) is 3.91. The zero-order chi connectivity index (χ0) is 17.0. The van der Waals surface area contributed by atoms with E-state index in [1.54, 1.807) is 37.0 Å². The van der Waals surface area contributed by atoms with E-state index in [1.807, 2.05) is 13.8 Å². The van der Waals surface area contributed by atoms with E-state index in [1.165, 1.54) is 6.20 Å². The van der Waals surface area contributed by atoms with Gasteiger partial charge in [-0.2, -0.15) is 5.10 Å². The number of amides is 2. The molecule has 0 unspecified atom stereocenters. The van der Waals surface area contributed by atoms with Crippen LogP contribution in [-0.4, -0.2) is 41.6 Å². The summed E-state index contributed by atoms with van der Waals surface area (Å²) in [6.07, 6.45) is 3.98. The van der Waals surface area contributed by atoms with Gasteiger partial charge in [0.25, 0.3) is 5.91 Å². The Morgan fingerprint density at radius 2 is 2.17 bits per heavy atom. The predicted octanol–water partition coefficient (Wildman–Crippen LogP) is 1.23. The van der Waals surface area contributed by atoms with Crippen LogP contribution in [0, 0.1) is 5.92 Å². The summed E-state index contributed by atoms with van der Waals surface area (Å²) in [5, 5.41) is 9.55. The van der Waals surface area contributed by atoms with Gasteiger partial charge in [-0.1, -0.05) is 20.3 Å². The van der Waals surface area contributed by atoms with Crippen LogP contribution in [0.15, 0.2) is 24.5 Å². The Bertz CT molecular complexity index is 710. The Balaban J connectivity index is 2.30. The van der Waals surface area contributed by atoms with Crippen LogP contribution < -0.4 is 15.4 Å². The molecular formula is C16H22N4O3. The number of carbonyl (C=O) groups is 2. The van der Waals surface area contributed by atoms with Gasteiger partial charge in [0.2, 0.25) is 5.91 Å². The molecule has 23 heavy (non-hydrogen) atoms. The number of rotatable bonds is 6. The summed E-state index contributed by atoms with van der Waals surface area (Å²) in [7, 11) is 3.12. The number of pyridine rings is 1. The molecule has 2 heterocycles. The highest BCUT2D eigenvalue weighted by Crippen LogP contribution is 2.18. The van der Waals surface area contributed by atoms with Crippen molar-refractivity contribution >= 4 is 17.3 Å². The normalized spacial score (nSPS) is 13.4. The molecule has 2 rings (SSSR count). The molecule has 124 valence electrons. The first-order valence-electron chi connectivity index (χ1n) is 7.55. The fraction of sp³-hybridized carbons (Fsp3) is 0.438. The van der Waals surface area contributed by atoms with Gasteiger partial charge in [0.1, 0.15) is 11.8 Å². The van der Waals surface area contributed by atoms with E-state index >= 15 is 0 Å². The van der Waals surface area contributed by atoms with E-state index in [0.29, 0.717) is 16.8 Å². The first kappa shape index (κ1) is 16.8. The summed E-state index contributed by atoms with van der Waals surface area (Å²) in [5.74, 6) is 0.121. The lowest BCUT2D eigenvalue weighted by atomic mass is 9.98. The Labute approximate surface area is 135 Å². The number of likely N-dealkylation sites (N-methyl/N-ethyl adjacent to an activating group) is 1. The number of nitrogens with one attached hydrogen (secondary N) is 2. The summed E-state index contributed by atoms with van der Waals surface area (Å²) in [5.41, 5.74) is 1.03. The van der Waals surface area contributed by atoms with Gasteiger partial charge in [0, 0.05) is 19.3 Å². The molecule has 2 aromatic rings. The fourth-order valence-electron chi connectivity index (χ4n) is 2.34. The van der Waals surface area contributed by atoms with E-state index < -0.39 is 6.04 Å². The lowest BCUT2D eigenvalue weighted by Crippen LogP contribution is -2.49. The third-order valence-electron chi connectivity index (χ3n) is 4.00. The van der Waals surface area contributed by atoms with Crippen molar-refractivity contribution in [3.8, 4) is 5.75 Å². The lowest BCUT2D eigenvalue weighted by Gasteiger charge is -2.22. The van der Waals surface area contributed by atoms with E-state index in [4.69, 9.17) is 4.74 Å². The number of hydrogen-bond donors (Lipinski definition) is 2. The van der Waals surface area contributed by atoms with Crippen molar-refractivity contribution in [2.75, 3.05) is 14.2 Å². The smallest absolute Gasteiger partial charge is 0.255 e. The second-order valence-corrected chi connectivity index (χ2v) is 5.41. The monoisotopic (exact) mass is 318 g/mol. The van der Waals surface area contributed by atoms with Crippen molar-refractivity contribution in [2.24, 2.45) is 5.92 Å². The predicted molar refractivity (Wildman–Crippen MR) is 86.5 cm³/mol. The van der Waals surface area contributed by atoms with Crippen LogP contribution in [0.4, 0.5) is 0 Å². The average molecular weight is 318 g/mol. The Morgan fingerprint density at radius 3 is 2.78 bits per heavy atom. The largest absolute Gasteiger partial charge is 0.497 e. The maximum absolute atomic E-state index is 12.6. The highest BCUT2D eigenvalue weighted by molar-refractivity contribution is 6.02. The second-order valence-electron chi connectivity index (χ2n) is 5.41. The maximum atomic E-state index is 12.6. The Kier molecular flexibility index (Phi) is 5.20. The molecule has 2 atom stereocenters. The van der Waals surface area contributed by atoms with Crippen LogP contribution in [0.1, 0.15) is 30.6 Å². The van der Waals surface area contributed by atoms with Crippen LogP contribution in [0.5, 0.6) is 5.75 Å². The summed E-state index contributed by atoms with van der Waals surface area (Å²) >= 11 is 0. The highest BCUT2D eigenvalue weighted by Gasteiger charge is 2.26. The molecule has 0 fully saturated rings.